The van der Waals surface area contributed by atoms with E-state index in [0.29, 0.717) is 24.1 Å². The Hall–Kier alpha value is -0.960. The van der Waals surface area contributed by atoms with Crippen molar-refractivity contribution in [2.75, 3.05) is 31.9 Å². The molecule has 1 amide bonds. The molecule has 29 heavy (non-hydrogen) atoms. The van der Waals surface area contributed by atoms with Crippen LogP contribution in [-0.2, 0) is 17.9 Å². The molecule has 7 heteroatoms. The van der Waals surface area contributed by atoms with Crippen LogP contribution < -0.4 is 5.32 Å². The van der Waals surface area contributed by atoms with Gasteiger partial charge in [0.15, 0.2) is 5.96 Å². The topological polar surface area (TPSA) is 47.9 Å². The molecule has 1 N–H and O–H groups in total. The van der Waals surface area contributed by atoms with Gasteiger partial charge in [0.05, 0.1) is 6.54 Å². The van der Waals surface area contributed by atoms with Gasteiger partial charge in [-0.15, -0.1) is 24.0 Å². The van der Waals surface area contributed by atoms with Crippen LogP contribution in [0.2, 0.25) is 0 Å². The Kier molecular flexibility index (Phi) is 10.1. The molecule has 5 nitrogen and oxygen atoms in total. The molecule has 0 aliphatic carbocycles. The lowest BCUT2D eigenvalue weighted by Gasteiger charge is -2.36. The van der Waals surface area contributed by atoms with E-state index in [2.05, 4.69) is 67.0 Å². The maximum atomic E-state index is 11.9. The Bertz CT molecular complexity index is 697. The summed E-state index contributed by atoms with van der Waals surface area (Å²) < 4.78 is 0. The third-order valence-corrected chi connectivity index (χ3v) is 6.96. The van der Waals surface area contributed by atoms with Crippen molar-refractivity contribution < 1.29 is 4.79 Å². The van der Waals surface area contributed by atoms with E-state index in [1.165, 1.54) is 11.1 Å². The minimum absolute atomic E-state index is 0. The summed E-state index contributed by atoms with van der Waals surface area (Å²) in [4.78, 5) is 21.2. The van der Waals surface area contributed by atoms with Gasteiger partial charge in [0, 0.05) is 50.1 Å². The van der Waals surface area contributed by atoms with Gasteiger partial charge in [0.2, 0.25) is 5.91 Å². The van der Waals surface area contributed by atoms with E-state index in [0.717, 1.165) is 50.9 Å². The Labute approximate surface area is 197 Å². The SMILES string of the molecule is CCNC(=NCc1cccc(CN2CCCC2=O)c1)N1CCSC(C(C)C)C1.I. The van der Waals surface area contributed by atoms with E-state index in [4.69, 9.17) is 4.99 Å². The molecule has 2 aliphatic rings. The van der Waals surface area contributed by atoms with Crippen LogP contribution in [0, 0.1) is 5.92 Å². The van der Waals surface area contributed by atoms with Gasteiger partial charge in [0.1, 0.15) is 0 Å². The molecule has 3 rings (SSSR count). The maximum absolute atomic E-state index is 11.9. The summed E-state index contributed by atoms with van der Waals surface area (Å²) >= 11 is 2.09. The lowest BCUT2D eigenvalue weighted by atomic mass is 10.1. The van der Waals surface area contributed by atoms with E-state index in [1.807, 2.05) is 4.90 Å². The van der Waals surface area contributed by atoms with Gasteiger partial charge in [-0.3, -0.25) is 4.79 Å². The number of halogens is 1. The van der Waals surface area contributed by atoms with Crippen LogP contribution >= 0.6 is 35.7 Å². The first-order valence-electron chi connectivity index (χ1n) is 10.6. The second-order valence-electron chi connectivity index (χ2n) is 8.01. The molecule has 0 aromatic heterocycles. The summed E-state index contributed by atoms with van der Waals surface area (Å²) in [5.74, 6) is 3.14. The third kappa shape index (κ3) is 7.05. The molecule has 1 aromatic rings. The Morgan fingerprint density at radius 3 is 2.79 bits per heavy atom. The molecule has 0 spiro atoms. The first-order chi connectivity index (χ1) is 13.6. The second kappa shape index (κ2) is 12.0. The van der Waals surface area contributed by atoms with Gasteiger partial charge in [0.25, 0.3) is 0 Å². The molecular formula is C22H35IN4OS. The number of guanidine groups is 1. The summed E-state index contributed by atoms with van der Waals surface area (Å²) in [6, 6.07) is 8.52. The van der Waals surface area contributed by atoms with E-state index in [-0.39, 0.29) is 29.9 Å². The maximum Gasteiger partial charge on any atom is 0.222 e. The fraction of sp³-hybridized carbons (Fsp3) is 0.636. The third-order valence-electron chi connectivity index (χ3n) is 5.42. The molecule has 2 aliphatic heterocycles. The van der Waals surface area contributed by atoms with Gasteiger partial charge < -0.3 is 15.1 Å². The van der Waals surface area contributed by atoms with Gasteiger partial charge in [-0.25, -0.2) is 4.99 Å². The predicted octanol–water partition coefficient (Wildman–Crippen LogP) is 3.97. The highest BCUT2D eigenvalue weighted by molar-refractivity contribution is 14.0. The van der Waals surface area contributed by atoms with Crippen LogP contribution in [0.4, 0.5) is 0 Å². The zero-order chi connectivity index (χ0) is 19.9. The van der Waals surface area contributed by atoms with Crippen LogP contribution in [0.1, 0.15) is 44.7 Å². The lowest BCUT2D eigenvalue weighted by molar-refractivity contribution is -0.128. The van der Waals surface area contributed by atoms with Gasteiger partial charge >= 0.3 is 0 Å². The highest BCUT2D eigenvalue weighted by Gasteiger charge is 2.25. The average Bonchev–Trinajstić information content (AvgIpc) is 3.10. The van der Waals surface area contributed by atoms with Crippen LogP contribution in [0.3, 0.4) is 0 Å². The fourth-order valence-electron chi connectivity index (χ4n) is 3.78. The average molecular weight is 531 g/mol. The normalized spacial score (nSPS) is 20.2. The van der Waals surface area contributed by atoms with Crippen molar-refractivity contribution in [1.82, 2.24) is 15.1 Å². The van der Waals surface area contributed by atoms with Crippen molar-refractivity contribution in [3.05, 3.63) is 35.4 Å². The lowest BCUT2D eigenvalue weighted by Crippen LogP contribution is -2.49. The quantitative estimate of drug-likeness (QED) is 0.344. The fourth-order valence-corrected chi connectivity index (χ4v) is 5.08. The first-order valence-corrected chi connectivity index (χ1v) is 11.6. The summed E-state index contributed by atoms with van der Waals surface area (Å²) in [5.41, 5.74) is 2.40. The number of rotatable bonds is 6. The molecule has 0 bridgehead atoms. The number of likely N-dealkylation sites (tertiary alicyclic amines) is 1. The van der Waals surface area contributed by atoms with Gasteiger partial charge in [-0.2, -0.15) is 11.8 Å². The Morgan fingerprint density at radius 1 is 1.31 bits per heavy atom. The number of hydrogen-bond donors (Lipinski definition) is 1. The largest absolute Gasteiger partial charge is 0.357 e. The molecule has 162 valence electrons. The van der Waals surface area contributed by atoms with Gasteiger partial charge in [-0.05, 0) is 30.4 Å². The molecule has 0 saturated carbocycles. The summed E-state index contributed by atoms with van der Waals surface area (Å²) in [6.45, 7) is 12.0. The van der Waals surface area contributed by atoms with Crippen LogP contribution in [0.5, 0.6) is 0 Å². The Morgan fingerprint density at radius 2 is 2.10 bits per heavy atom. The van der Waals surface area contributed by atoms with Crippen molar-refractivity contribution >= 4 is 47.6 Å². The second-order valence-corrected chi connectivity index (χ2v) is 9.36. The number of amides is 1. The minimum atomic E-state index is 0. The number of carbonyl (C=O) groups is 1. The van der Waals surface area contributed by atoms with Crippen LogP contribution in [0.15, 0.2) is 29.3 Å². The molecule has 1 aromatic carbocycles. The molecule has 2 fully saturated rings. The Balaban J connectivity index is 0.00000300. The standard InChI is InChI=1S/C22H34N4OS.HI/c1-4-23-22(26-11-12-28-20(16-26)17(2)3)24-14-18-7-5-8-19(13-18)15-25-10-6-9-21(25)27;/h5,7-8,13,17,20H,4,6,9-12,14-16H2,1-3H3,(H,23,24);1H. The van der Waals surface area contributed by atoms with Crippen molar-refractivity contribution in [2.45, 2.75) is 52.0 Å². The number of nitrogens with zero attached hydrogens (tertiary/aromatic N) is 3. The number of benzene rings is 1. The highest BCUT2D eigenvalue weighted by atomic mass is 127. The van der Waals surface area contributed by atoms with E-state index in [1.54, 1.807) is 0 Å². The zero-order valence-corrected chi connectivity index (χ0v) is 21.0. The molecule has 2 heterocycles. The van der Waals surface area contributed by atoms with Crippen molar-refractivity contribution in [1.29, 1.82) is 0 Å². The number of thioether (sulfide) groups is 1. The molecule has 2 saturated heterocycles. The smallest absolute Gasteiger partial charge is 0.222 e. The van der Waals surface area contributed by atoms with E-state index < -0.39 is 0 Å². The van der Waals surface area contributed by atoms with E-state index in [9.17, 15) is 4.79 Å². The summed E-state index contributed by atoms with van der Waals surface area (Å²) in [7, 11) is 0. The molecule has 1 unspecified atom stereocenters. The minimum Gasteiger partial charge on any atom is -0.357 e. The number of nitrogens with one attached hydrogen (secondary N) is 1. The highest BCUT2D eigenvalue weighted by Crippen LogP contribution is 2.25. The number of carbonyl (C=O) groups excluding carboxylic acids is 1. The van der Waals surface area contributed by atoms with Crippen molar-refractivity contribution in [3.63, 3.8) is 0 Å². The predicted molar refractivity (Wildman–Crippen MR) is 134 cm³/mol. The number of hydrogen-bond acceptors (Lipinski definition) is 3. The van der Waals surface area contributed by atoms with Gasteiger partial charge in [-0.1, -0.05) is 38.1 Å². The zero-order valence-electron chi connectivity index (χ0n) is 17.9. The summed E-state index contributed by atoms with van der Waals surface area (Å²) in [6.07, 6.45) is 1.68. The van der Waals surface area contributed by atoms with Crippen LogP contribution in [-0.4, -0.2) is 58.8 Å². The van der Waals surface area contributed by atoms with E-state index >= 15 is 0 Å². The molecule has 1 atom stereocenters. The first kappa shape index (κ1) is 24.3. The van der Waals surface area contributed by atoms with Crippen LogP contribution in [0.25, 0.3) is 0 Å². The van der Waals surface area contributed by atoms with Crippen molar-refractivity contribution in [2.24, 2.45) is 10.9 Å². The number of aliphatic imine (C=N–C) groups is 1. The monoisotopic (exact) mass is 530 g/mol. The molecule has 0 radical (unpaired) electrons. The molecular weight excluding hydrogens is 495 g/mol. The van der Waals surface area contributed by atoms with Crippen molar-refractivity contribution in [3.8, 4) is 0 Å². The summed E-state index contributed by atoms with van der Waals surface area (Å²) in [5, 5.41) is 4.14.